The van der Waals surface area contributed by atoms with Crippen molar-refractivity contribution in [2.24, 2.45) is 0 Å². The lowest BCUT2D eigenvalue weighted by Gasteiger charge is -2.07. The van der Waals surface area contributed by atoms with Crippen LogP contribution < -0.4 is 10.5 Å². The molecular formula is C10H6BrClN4O3. The van der Waals surface area contributed by atoms with Gasteiger partial charge in [0.1, 0.15) is 22.9 Å². The molecule has 19 heavy (non-hydrogen) atoms. The van der Waals surface area contributed by atoms with Gasteiger partial charge in [-0.2, -0.15) is 4.98 Å². The number of benzene rings is 1. The Morgan fingerprint density at radius 1 is 1.37 bits per heavy atom. The van der Waals surface area contributed by atoms with E-state index >= 15 is 0 Å². The first-order valence-corrected chi connectivity index (χ1v) is 6.03. The first-order chi connectivity index (χ1) is 8.97. The van der Waals surface area contributed by atoms with E-state index < -0.39 is 4.92 Å². The molecule has 2 N–H and O–H groups in total. The lowest BCUT2D eigenvalue weighted by molar-refractivity contribution is -0.385. The highest BCUT2D eigenvalue weighted by atomic mass is 79.9. The van der Waals surface area contributed by atoms with Crippen molar-refractivity contribution >= 4 is 39.0 Å². The molecule has 1 aromatic carbocycles. The fraction of sp³-hybridized carbons (Fsp3) is 0. The molecule has 0 spiro atoms. The zero-order valence-corrected chi connectivity index (χ0v) is 11.6. The second kappa shape index (κ2) is 5.37. The largest absolute Gasteiger partial charge is 0.437 e. The van der Waals surface area contributed by atoms with E-state index in [1.54, 1.807) is 6.07 Å². The summed E-state index contributed by atoms with van der Waals surface area (Å²) in [6, 6.07) is 4.14. The van der Waals surface area contributed by atoms with Crippen molar-refractivity contribution in [1.82, 2.24) is 9.97 Å². The Bertz CT molecular complexity index is 653. The number of non-ortho nitro benzene ring substituents is 1. The average Bonchev–Trinajstić information content (AvgIpc) is 2.34. The van der Waals surface area contributed by atoms with Crippen molar-refractivity contribution < 1.29 is 9.66 Å². The maximum Gasteiger partial charge on any atom is 0.274 e. The first-order valence-electron chi connectivity index (χ1n) is 4.86. The molecule has 7 nitrogen and oxygen atoms in total. The van der Waals surface area contributed by atoms with E-state index in [-0.39, 0.29) is 28.2 Å². The number of hydrogen-bond donors (Lipinski definition) is 1. The number of nitrogen functional groups attached to an aromatic ring is 1. The van der Waals surface area contributed by atoms with Gasteiger partial charge >= 0.3 is 0 Å². The Kier molecular flexibility index (Phi) is 3.82. The van der Waals surface area contributed by atoms with Crippen molar-refractivity contribution in [3.05, 3.63) is 44.1 Å². The van der Waals surface area contributed by atoms with Crippen LogP contribution in [-0.4, -0.2) is 14.9 Å². The minimum Gasteiger partial charge on any atom is -0.437 e. The van der Waals surface area contributed by atoms with Gasteiger partial charge in [-0.15, -0.1) is 0 Å². The first kappa shape index (κ1) is 13.5. The summed E-state index contributed by atoms with van der Waals surface area (Å²) in [4.78, 5) is 17.7. The molecule has 1 aromatic heterocycles. The number of hydrogen-bond acceptors (Lipinski definition) is 6. The van der Waals surface area contributed by atoms with E-state index in [0.29, 0.717) is 4.47 Å². The molecule has 0 radical (unpaired) electrons. The Hall–Kier alpha value is -1.93. The van der Waals surface area contributed by atoms with Crippen molar-refractivity contribution in [1.29, 1.82) is 0 Å². The topological polar surface area (TPSA) is 104 Å². The molecule has 0 amide bonds. The summed E-state index contributed by atoms with van der Waals surface area (Å²) < 4.78 is 5.86. The van der Waals surface area contributed by atoms with E-state index in [9.17, 15) is 10.1 Å². The van der Waals surface area contributed by atoms with Crippen LogP contribution in [0.3, 0.4) is 0 Å². The van der Waals surface area contributed by atoms with Crippen molar-refractivity contribution in [2.75, 3.05) is 5.73 Å². The predicted molar refractivity (Wildman–Crippen MR) is 72.3 cm³/mol. The molecular weight excluding hydrogens is 339 g/mol. The van der Waals surface area contributed by atoms with Gasteiger partial charge in [-0.25, -0.2) is 4.98 Å². The van der Waals surface area contributed by atoms with Crippen molar-refractivity contribution in [3.63, 3.8) is 0 Å². The Labute approximate surface area is 120 Å². The molecule has 0 aliphatic heterocycles. The monoisotopic (exact) mass is 344 g/mol. The van der Waals surface area contributed by atoms with Crippen LogP contribution in [0.1, 0.15) is 0 Å². The summed E-state index contributed by atoms with van der Waals surface area (Å²) in [5, 5.41) is 10.8. The quantitative estimate of drug-likeness (QED) is 0.676. The number of nitrogens with zero attached hydrogens (tertiary/aromatic N) is 3. The van der Waals surface area contributed by atoms with Crippen molar-refractivity contribution in [2.45, 2.75) is 0 Å². The fourth-order valence-corrected chi connectivity index (χ4v) is 1.86. The Balaban J connectivity index is 2.38. The van der Waals surface area contributed by atoms with Crippen LogP contribution >= 0.6 is 27.5 Å². The van der Waals surface area contributed by atoms with Crippen LogP contribution in [0.15, 0.2) is 29.0 Å². The number of ether oxygens (including phenoxy) is 1. The number of nitrogens with two attached hydrogens (primary N) is 1. The standard InChI is InChI=1S/C10H6BrClN4O3/c11-5-1-6(16(17)18)3-7(2-5)19-10-8(12)9(13)14-4-15-10/h1-4H,(H2,13,14,15). The number of halogens is 2. The second-order valence-corrected chi connectivity index (χ2v) is 4.68. The summed E-state index contributed by atoms with van der Waals surface area (Å²) in [7, 11) is 0. The average molecular weight is 346 g/mol. The smallest absolute Gasteiger partial charge is 0.274 e. The zero-order chi connectivity index (χ0) is 14.0. The van der Waals surface area contributed by atoms with Gasteiger partial charge in [-0.1, -0.05) is 27.5 Å². The summed E-state index contributed by atoms with van der Waals surface area (Å²) >= 11 is 9.02. The third kappa shape index (κ3) is 3.09. The molecule has 98 valence electrons. The molecule has 2 rings (SSSR count). The van der Waals surface area contributed by atoms with Gasteiger partial charge in [0.25, 0.3) is 5.69 Å². The third-order valence-corrected chi connectivity index (χ3v) is 2.88. The van der Waals surface area contributed by atoms with E-state index in [1.165, 1.54) is 18.5 Å². The summed E-state index contributed by atoms with van der Waals surface area (Å²) in [5.74, 6) is 0.304. The number of aromatic nitrogens is 2. The second-order valence-electron chi connectivity index (χ2n) is 3.38. The molecule has 2 aromatic rings. The normalized spacial score (nSPS) is 10.2. The van der Waals surface area contributed by atoms with Gasteiger partial charge in [0.15, 0.2) is 0 Å². The molecule has 0 saturated carbocycles. The molecule has 0 bridgehead atoms. The third-order valence-electron chi connectivity index (χ3n) is 2.07. The molecule has 0 unspecified atom stereocenters. The van der Waals surface area contributed by atoms with Crippen LogP contribution in [0.4, 0.5) is 11.5 Å². The van der Waals surface area contributed by atoms with Gasteiger partial charge < -0.3 is 10.5 Å². The molecule has 0 aliphatic carbocycles. The van der Waals surface area contributed by atoms with E-state index in [2.05, 4.69) is 25.9 Å². The van der Waals surface area contributed by atoms with E-state index in [1.807, 2.05) is 0 Å². The van der Waals surface area contributed by atoms with Crippen molar-refractivity contribution in [3.8, 4) is 11.6 Å². The highest BCUT2D eigenvalue weighted by molar-refractivity contribution is 9.10. The van der Waals surface area contributed by atoms with Crippen LogP contribution in [0.5, 0.6) is 11.6 Å². The number of nitro benzene ring substituents is 1. The van der Waals surface area contributed by atoms with Crippen LogP contribution in [0.2, 0.25) is 5.02 Å². The number of rotatable bonds is 3. The summed E-state index contributed by atoms with van der Waals surface area (Å²) in [6.07, 6.45) is 1.18. The molecule has 0 saturated heterocycles. The summed E-state index contributed by atoms with van der Waals surface area (Å²) in [6.45, 7) is 0. The van der Waals surface area contributed by atoms with E-state index in [0.717, 1.165) is 0 Å². The van der Waals surface area contributed by atoms with Crippen LogP contribution in [-0.2, 0) is 0 Å². The highest BCUT2D eigenvalue weighted by Crippen LogP contribution is 2.33. The molecule has 9 heteroatoms. The lowest BCUT2D eigenvalue weighted by Crippen LogP contribution is -1.97. The number of nitro groups is 1. The fourth-order valence-electron chi connectivity index (χ4n) is 1.26. The lowest BCUT2D eigenvalue weighted by atomic mass is 10.3. The Morgan fingerprint density at radius 2 is 2.11 bits per heavy atom. The Morgan fingerprint density at radius 3 is 2.79 bits per heavy atom. The highest BCUT2D eigenvalue weighted by Gasteiger charge is 2.13. The molecule has 0 aliphatic rings. The maximum absolute atomic E-state index is 10.7. The molecule has 1 heterocycles. The minimum absolute atomic E-state index is 0.0292. The number of anilines is 1. The van der Waals surface area contributed by atoms with Gasteiger partial charge in [-0.3, -0.25) is 10.1 Å². The SMILES string of the molecule is Nc1ncnc(Oc2cc(Br)cc([N+](=O)[O-])c2)c1Cl. The molecule has 0 atom stereocenters. The molecule has 0 fully saturated rings. The van der Waals surface area contributed by atoms with Gasteiger partial charge in [-0.05, 0) is 6.07 Å². The van der Waals surface area contributed by atoms with Gasteiger partial charge in [0.05, 0.1) is 11.0 Å². The van der Waals surface area contributed by atoms with E-state index in [4.69, 9.17) is 22.1 Å². The van der Waals surface area contributed by atoms with Crippen LogP contribution in [0, 0.1) is 10.1 Å². The van der Waals surface area contributed by atoms with Gasteiger partial charge in [0.2, 0.25) is 5.88 Å². The predicted octanol–water partition coefficient (Wildman–Crippen LogP) is 3.18. The van der Waals surface area contributed by atoms with Crippen LogP contribution in [0.25, 0.3) is 0 Å². The zero-order valence-electron chi connectivity index (χ0n) is 9.21. The minimum atomic E-state index is -0.534. The maximum atomic E-state index is 10.7. The van der Waals surface area contributed by atoms with Gasteiger partial charge in [0, 0.05) is 10.5 Å². The summed E-state index contributed by atoms with van der Waals surface area (Å²) in [5.41, 5.74) is 5.38.